The second-order valence-corrected chi connectivity index (χ2v) is 10.6. The van der Waals surface area contributed by atoms with Gasteiger partial charge in [0.05, 0.1) is 18.8 Å². The predicted molar refractivity (Wildman–Crippen MR) is 155 cm³/mol. The molecule has 0 radical (unpaired) electrons. The number of alkyl halides is 3. The molecular weight excluding hydrogens is 590 g/mol. The number of benzene rings is 3. The van der Waals surface area contributed by atoms with Gasteiger partial charge in [-0.3, -0.25) is 4.79 Å². The van der Waals surface area contributed by atoms with Gasteiger partial charge in [-0.1, -0.05) is 60.1 Å². The number of alkyl carbamates (subject to hydrolysis) is 1. The molecule has 230 valence electrons. The fourth-order valence-corrected chi connectivity index (χ4v) is 4.92. The van der Waals surface area contributed by atoms with Gasteiger partial charge in [0.15, 0.2) is 0 Å². The van der Waals surface area contributed by atoms with Crippen LogP contribution in [0.5, 0.6) is 0 Å². The first-order chi connectivity index (χ1) is 20.6. The first-order valence-electron chi connectivity index (χ1n) is 13.8. The maximum absolute atomic E-state index is 14.9. The largest absolute Gasteiger partial charge is 0.448 e. The molecule has 7 nitrogen and oxygen atoms in total. The highest BCUT2D eigenvalue weighted by Crippen LogP contribution is 2.30. The molecule has 0 spiro atoms. The third kappa shape index (κ3) is 10.2. The number of halogens is 5. The molecule has 3 N–H and O–H groups in total. The summed E-state index contributed by atoms with van der Waals surface area (Å²) in [5, 5.41) is 8.25. The number of hydrogen-bond donors (Lipinski definition) is 3. The highest BCUT2D eigenvalue weighted by Gasteiger charge is 2.29. The number of anilines is 1. The van der Waals surface area contributed by atoms with Crippen molar-refractivity contribution in [1.82, 2.24) is 10.6 Å². The van der Waals surface area contributed by atoms with Crippen LogP contribution in [0, 0.1) is 5.82 Å². The third-order valence-corrected chi connectivity index (χ3v) is 7.24. The SMILES string of the molecule is O=C(C[C@H](c1ccccc1)c1ccc(Cl)cc1)Nc1cccc(F)c1CC[C@@H]1CN[C@H](COC(=O)NCC(F)(F)F)CO1. The molecule has 0 bridgehead atoms. The number of hydrogen-bond acceptors (Lipinski definition) is 5. The summed E-state index contributed by atoms with van der Waals surface area (Å²) in [5.41, 5.74) is 2.63. The minimum Gasteiger partial charge on any atom is -0.448 e. The van der Waals surface area contributed by atoms with Crippen LogP contribution in [0.2, 0.25) is 5.02 Å². The van der Waals surface area contributed by atoms with Crippen LogP contribution >= 0.6 is 11.6 Å². The Kier molecular flexibility index (Phi) is 11.4. The molecule has 0 aromatic heterocycles. The van der Waals surface area contributed by atoms with E-state index in [4.69, 9.17) is 21.1 Å². The summed E-state index contributed by atoms with van der Waals surface area (Å²) in [7, 11) is 0. The Morgan fingerprint density at radius 3 is 2.42 bits per heavy atom. The summed E-state index contributed by atoms with van der Waals surface area (Å²) in [6.07, 6.45) is -5.12. The van der Waals surface area contributed by atoms with Crippen LogP contribution < -0.4 is 16.0 Å². The molecular formula is C31H32ClF4N3O4. The third-order valence-electron chi connectivity index (χ3n) is 6.99. The van der Waals surface area contributed by atoms with Gasteiger partial charge in [-0.2, -0.15) is 13.2 Å². The van der Waals surface area contributed by atoms with Gasteiger partial charge in [0.2, 0.25) is 5.91 Å². The monoisotopic (exact) mass is 621 g/mol. The van der Waals surface area contributed by atoms with E-state index < -0.39 is 30.7 Å². The van der Waals surface area contributed by atoms with Gasteiger partial charge in [0.25, 0.3) is 0 Å². The molecule has 3 aromatic carbocycles. The van der Waals surface area contributed by atoms with Crippen molar-refractivity contribution in [3.05, 3.63) is 100 Å². The normalized spacial score (nSPS) is 17.6. The van der Waals surface area contributed by atoms with Crippen LogP contribution in [0.15, 0.2) is 72.8 Å². The number of carbonyl (C=O) groups is 2. The van der Waals surface area contributed by atoms with Crippen molar-refractivity contribution in [2.45, 2.75) is 43.5 Å². The number of ether oxygens (including phenoxy) is 2. The summed E-state index contributed by atoms with van der Waals surface area (Å²) >= 11 is 6.07. The molecule has 0 saturated carbocycles. The molecule has 1 saturated heterocycles. The molecule has 0 unspecified atom stereocenters. The standard InChI is InChI=1S/C31H32ClF4N3O4/c32-22-11-9-21(10-12-22)26(20-5-2-1-3-6-20)15-29(40)39-28-8-4-7-27(33)25(28)14-13-24-16-37-23(17-42-24)18-43-30(41)38-19-31(34,35)36/h1-12,23-24,26,37H,13-19H2,(H,38,41)(H,39,40)/t23-,24+,26+/m0/s1. The molecule has 1 fully saturated rings. The lowest BCUT2D eigenvalue weighted by molar-refractivity contribution is -0.124. The average Bonchev–Trinajstić information content (AvgIpc) is 2.99. The Morgan fingerprint density at radius 1 is 1.02 bits per heavy atom. The highest BCUT2D eigenvalue weighted by atomic mass is 35.5. The second kappa shape index (κ2) is 15.2. The highest BCUT2D eigenvalue weighted by molar-refractivity contribution is 6.30. The number of carbonyl (C=O) groups excluding carboxylic acids is 2. The molecule has 0 aliphatic carbocycles. The maximum atomic E-state index is 14.9. The Hall–Kier alpha value is -3.67. The fraction of sp³-hybridized carbons (Fsp3) is 0.355. The van der Waals surface area contributed by atoms with Crippen molar-refractivity contribution in [2.75, 3.05) is 31.6 Å². The molecule has 3 atom stereocenters. The van der Waals surface area contributed by atoms with E-state index in [1.807, 2.05) is 42.5 Å². The van der Waals surface area contributed by atoms with E-state index in [1.54, 1.807) is 23.5 Å². The molecule has 1 heterocycles. The first kappa shape index (κ1) is 32.2. The topological polar surface area (TPSA) is 88.7 Å². The Labute approximate surface area is 251 Å². The lowest BCUT2D eigenvalue weighted by Crippen LogP contribution is -2.49. The number of amides is 2. The zero-order valence-electron chi connectivity index (χ0n) is 23.1. The van der Waals surface area contributed by atoms with Crippen LogP contribution in [0.4, 0.5) is 28.0 Å². The summed E-state index contributed by atoms with van der Waals surface area (Å²) in [6.45, 7) is -1.12. The van der Waals surface area contributed by atoms with E-state index in [0.717, 1.165) is 11.1 Å². The van der Waals surface area contributed by atoms with Crippen molar-refractivity contribution in [2.24, 2.45) is 0 Å². The van der Waals surface area contributed by atoms with E-state index in [2.05, 4.69) is 10.6 Å². The lowest BCUT2D eigenvalue weighted by atomic mass is 9.88. The predicted octanol–water partition coefficient (Wildman–Crippen LogP) is 6.22. The fourth-order valence-electron chi connectivity index (χ4n) is 4.79. The van der Waals surface area contributed by atoms with Gasteiger partial charge >= 0.3 is 12.3 Å². The van der Waals surface area contributed by atoms with E-state index in [0.29, 0.717) is 29.2 Å². The molecule has 4 rings (SSSR count). The van der Waals surface area contributed by atoms with Gasteiger partial charge in [-0.25, -0.2) is 9.18 Å². The molecule has 12 heteroatoms. The van der Waals surface area contributed by atoms with E-state index in [1.165, 1.54) is 12.1 Å². The van der Waals surface area contributed by atoms with Gasteiger partial charge in [-0.05, 0) is 48.2 Å². The maximum Gasteiger partial charge on any atom is 0.407 e. The van der Waals surface area contributed by atoms with Crippen molar-refractivity contribution in [3.8, 4) is 0 Å². The summed E-state index contributed by atoms with van der Waals surface area (Å²) < 4.78 is 62.1. The second-order valence-electron chi connectivity index (χ2n) is 10.2. The molecule has 1 aliphatic heterocycles. The Morgan fingerprint density at radius 2 is 1.74 bits per heavy atom. The van der Waals surface area contributed by atoms with E-state index in [9.17, 15) is 27.2 Å². The minimum atomic E-state index is -4.53. The summed E-state index contributed by atoms with van der Waals surface area (Å²) in [5.74, 6) is -0.951. The van der Waals surface area contributed by atoms with Crippen LogP contribution in [0.1, 0.15) is 35.4 Å². The quantitative estimate of drug-likeness (QED) is 0.221. The van der Waals surface area contributed by atoms with E-state index in [-0.39, 0.29) is 44.0 Å². The van der Waals surface area contributed by atoms with Gasteiger partial charge < -0.3 is 25.4 Å². The molecule has 3 aromatic rings. The first-order valence-corrected chi connectivity index (χ1v) is 14.1. The van der Waals surface area contributed by atoms with E-state index >= 15 is 0 Å². The van der Waals surface area contributed by atoms with Crippen LogP contribution in [-0.4, -0.2) is 56.6 Å². The number of morpholine rings is 1. The lowest BCUT2D eigenvalue weighted by Gasteiger charge is -2.30. The van der Waals surface area contributed by atoms with Crippen molar-refractivity contribution in [1.29, 1.82) is 0 Å². The Bertz CT molecular complexity index is 1350. The van der Waals surface area contributed by atoms with Crippen LogP contribution in [0.25, 0.3) is 0 Å². The smallest absolute Gasteiger partial charge is 0.407 e. The molecule has 2 amide bonds. The van der Waals surface area contributed by atoms with Crippen LogP contribution in [0.3, 0.4) is 0 Å². The zero-order valence-corrected chi connectivity index (χ0v) is 23.9. The zero-order chi connectivity index (χ0) is 30.8. The van der Waals surface area contributed by atoms with Crippen LogP contribution in [-0.2, 0) is 20.7 Å². The number of nitrogens with one attached hydrogen (secondary N) is 3. The molecule has 43 heavy (non-hydrogen) atoms. The summed E-state index contributed by atoms with van der Waals surface area (Å²) in [6, 6.07) is 21.1. The minimum absolute atomic E-state index is 0.134. The van der Waals surface area contributed by atoms with Crippen molar-refractivity contribution < 1.29 is 36.6 Å². The average molecular weight is 622 g/mol. The molecule has 1 aliphatic rings. The Balaban J connectivity index is 1.30. The summed E-state index contributed by atoms with van der Waals surface area (Å²) in [4.78, 5) is 24.7. The van der Waals surface area contributed by atoms with Gasteiger partial charge in [0, 0.05) is 35.2 Å². The van der Waals surface area contributed by atoms with Gasteiger partial charge in [-0.15, -0.1) is 0 Å². The number of rotatable bonds is 11. The van der Waals surface area contributed by atoms with Gasteiger partial charge in [0.1, 0.15) is 19.0 Å². The van der Waals surface area contributed by atoms with Crippen molar-refractivity contribution >= 4 is 29.3 Å². The van der Waals surface area contributed by atoms with Crippen molar-refractivity contribution in [3.63, 3.8) is 0 Å².